The highest BCUT2D eigenvalue weighted by molar-refractivity contribution is 6.61. The van der Waals surface area contributed by atoms with Crippen LogP contribution in [-0.4, -0.2) is 20.3 Å². The number of halogens is 1. The van der Waals surface area contributed by atoms with Crippen LogP contribution in [-0.2, 0) is 15.7 Å². The van der Waals surface area contributed by atoms with Crippen molar-refractivity contribution >= 4 is 12.6 Å². The lowest BCUT2D eigenvalue weighted by Crippen LogP contribution is -2.47. The lowest BCUT2D eigenvalue weighted by molar-refractivity contribution is 0.0343. The Labute approximate surface area is 109 Å². The Kier molecular flexibility index (Phi) is 4.08. The van der Waals surface area contributed by atoms with Crippen molar-refractivity contribution in [1.29, 1.82) is 0 Å². The van der Waals surface area contributed by atoms with Gasteiger partial charge in [-0.2, -0.15) is 0 Å². The predicted molar refractivity (Wildman–Crippen MR) is 71.5 cm³/mol. The van der Waals surface area contributed by atoms with Crippen molar-refractivity contribution in [3.05, 3.63) is 29.6 Å². The first-order valence-corrected chi connectivity index (χ1v) is 6.53. The Morgan fingerprint density at radius 2 is 1.94 bits per heavy atom. The number of benzene rings is 1. The topological polar surface area (TPSA) is 18.5 Å². The molecule has 1 aromatic carbocycles. The zero-order valence-electron chi connectivity index (χ0n) is 11.3. The minimum atomic E-state index is -0.428. The summed E-state index contributed by atoms with van der Waals surface area (Å²) < 4.78 is 25.1. The summed E-state index contributed by atoms with van der Waals surface area (Å²) in [6.07, 6.45) is 1.71. The van der Waals surface area contributed by atoms with Crippen molar-refractivity contribution in [3.63, 3.8) is 0 Å². The second-order valence-electron chi connectivity index (χ2n) is 5.72. The van der Waals surface area contributed by atoms with E-state index in [1.807, 2.05) is 19.1 Å². The molecule has 0 atom stereocenters. The van der Waals surface area contributed by atoms with E-state index in [-0.39, 0.29) is 11.2 Å². The van der Waals surface area contributed by atoms with Crippen LogP contribution in [0.15, 0.2) is 18.2 Å². The molecule has 18 heavy (non-hydrogen) atoms. The number of rotatable bonds is 3. The van der Waals surface area contributed by atoms with Crippen LogP contribution in [0.2, 0.25) is 0 Å². The van der Waals surface area contributed by atoms with Gasteiger partial charge in [0.15, 0.2) is 0 Å². The van der Waals surface area contributed by atoms with Gasteiger partial charge in [0.25, 0.3) is 0 Å². The number of hydrogen-bond donors (Lipinski definition) is 0. The maximum Gasteiger partial charge on any atom is 0.494 e. The van der Waals surface area contributed by atoms with Crippen LogP contribution in [0.4, 0.5) is 4.39 Å². The van der Waals surface area contributed by atoms with Gasteiger partial charge in [0, 0.05) is 18.6 Å². The second kappa shape index (κ2) is 5.41. The van der Waals surface area contributed by atoms with Crippen LogP contribution in [0.1, 0.15) is 32.8 Å². The Bertz CT molecular complexity index is 410. The number of aryl methyl sites for hydroxylation is 1. The molecule has 0 N–H and O–H groups in total. The summed E-state index contributed by atoms with van der Waals surface area (Å²) in [4.78, 5) is 0. The fourth-order valence-electron chi connectivity index (χ4n) is 2.07. The molecule has 0 aromatic heterocycles. The third kappa shape index (κ3) is 3.12. The molecule has 1 heterocycles. The summed E-state index contributed by atoms with van der Waals surface area (Å²) >= 11 is 0. The first-order chi connectivity index (χ1) is 8.52. The standard InChI is InChI=1S/C14H20BFO2/c1-4-5-11-6-7-12(8-13(11)16)15-17-9-14(2,3)10-18-15/h6-8H,4-5,9-10H2,1-3H3. The van der Waals surface area contributed by atoms with Crippen molar-refractivity contribution in [2.45, 2.75) is 33.6 Å². The van der Waals surface area contributed by atoms with Gasteiger partial charge in [-0.3, -0.25) is 0 Å². The normalized spacial score (nSPS) is 19.0. The van der Waals surface area contributed by atoms with Gasteiger partial charge in [0.05, 0.1) is 0 Å². The van der Waals surface area contributed by atoms with Crippen LogP contribution >= 0.6 is 0 Å². The Morgan fingerprint density at radius 1 is 1.28 bits per heavy atom. The van der Waals surface area contributed by atoms with Gasteiger partial charge in [0.1, 0.15) is 5.82 Å². The largest absolute Gasteiger partial charge is 0.494 e. The zero-order valence-corrected chi connectivity index (χ0v) is 11.3. The predicted octanol–water partition coefficient (Wildman–Crippen LogP) is 2.55. The Balaban J connectivity index is 2.08. The van der Waals surface area contributed by atoms with E-state index >= 15 is 0 Å². The highest BCUT2D eigenvalue weighted by atomic mass is 19.1. The van der Waals surface area contributed by atoms with Crippen molar-refractivity contribution in [2.75, 3.05) is 13.2 Å². The average Bonchev–Trinajstić information content (AvgIpc) is 2.32. The van der Waals surface area contributed by atoms with Crippen molar-refractivity contribution < 1.29 is 13.7 Å². The molecule has 0 aliphatic carbocycles. The summed E-state index contributed by atoms with van der Waals surface area (Å²) in [5.74, 6) is -0.161. The molecular formula is C14H20BFO2. The van der Waals surface area contributed by atoms with Gasteiger partial charge in [0.2, 0.25) is 0 Å². The molecule has 0 bridgehead atoms. The van der Waals surface area contributed by atoms with Gasteiger partial charge < -0.3 is 9.31 Å². The van der Waals surface area contributed by atoms with Crippen molar-refractivity contribution in [3.8, 4) is 0 Å². The maximum atomic E-state index is 13.8. The molecule has 0 saturated carbocycles. The smallest absolute Gasteiger partial charge is 0.407 e. The summed E-state index contributed by atoms with van der Waals surface area (Å²) in [5, 5.41) is 0. The summed E-state index contributed by atoms with van der Waals surface area (Å²) in [5.41, 5.74) is 1.57. The van der Waals surface area contributed by atoms with Crippen LogP contribution in [0.25, 0.3) is 0 Å². The van der Waals surface area contributed by atoms with E-state index in [2.05, 4.69) is 13.8 Å². The van der Waals surface area contributed by atoms with E-state index in [4.69, 9.17) is 9.31 Å². The molecule has 2 rings (SSSR count). The fourth-order valence-corrected chi connectivity index (χ4v) is 2.07. The van der Waals surface area contributed by atoms with Crippen LogP contribution in [0.3, 0.4) is 0 Å². The van der Waals surface area contributed by atoms with Crippen LogP contribution in [0, 0.1) is 11.2 Å². The van der Waals surface area contributed by atoms with Gasteiger partial charge >= 0.3 is 7.12 Å². The maximum absolute atomic E-state index is 13.8. The molecule has 0 amide bonds. The summed E-state index contributed by atoms with van der Waals surface area (Å²) in [7, 11) is -0.428. The highest BCUT2D eigenvalue weighted by Crippen LogP contribution is 2.21. The number of hydrogen-bond acceptors (Lipinski definition) is 2. The van der Waals surface area contributed by atoms with E-state index in [0.717, 1.165) is 23.9 Å². The molecular weight excluding hydrogens is 230 g/mol. The molecule has 1 aromatic rings. The summed E-state index contributed by atoms with van der Waals surface area (Å²) in [6.45, 7) is 7.50. The SMILES string of the molecule is CCCc1ccc(B2OCC(C)(C)CO2)cc1F. The van der Waals surface area contributed by atoms with Crippen LogP contribution in [0.5, 0.6) is 0 Å². The Hall–Kier alpha value is -0.865. The van der Waals surface area contributed by atoms with Crippen molar-refractivity contribution in [1.82, 2.24) is 0 Å². The third-order valence-corrected chi connectivity index (χ3v) is 3.12. The van der Waals surface area contributed by atoms with E-state index in [1.165, 1.54) is 6.07 Å². The fraction of sp³-hybridized carbons (Fsp3) is 0.571. The molecule has 4 heteroatoms. The van der Waals surface area contributed by atoms with Gasteiger partial charge in [-0.15, -0.1) is 0 Å². The zero-order chi connectivity index (χ0) is 13.2. The second-order valence-corrected chi connectivity index (χ2v) is 5.72. The molecule has 0 unspecified atom stereocenters. The molecule has 0 radical (unpaired) electrons. The van der Waals surface area contributed by atoms with E-state index in [9.17, 15) is 4.39 Å². The van der Waals surface area contributed by atoms with Gasteiger partial charge in [-0.1, -0.05) is 39.3 Å². The molecule has 98 valence electrons. The molecule has 2 nitrogen and oxygen atoms in total. The average molecular weight is 250 g/mol. The highest BCUT2D eigenvalue weighted by Gasteiger charge is 2.33. The van der Waals surface area contributed by atoms with Gasteiger partial charge in [-0.05, 0) is 23.5 Å². The first-order valence-electron chi connectivity index (χ1n) is 6.53. The molecule has 1 fully saturated rings. The van der Waals surface area contributed by atoms with E-state index in [1.54, 1.807) is 0 Å². The quantitative estimate of drug-likeness (QED) is 0.767. The molecule has 1 aliphatic heterocycles. The van der Waals surface area contributed by atoms with E-state index in [0.29, 0.717) is 13.2 Å². The minimum absolute atomic E-state index is 0.0389. The third-order valence-electron chi connectivity index (χ3n) is 3.12. The van der Waals surface area contributed by atoms with E-state index < -0.39 is 7.12 Å². The van der Waals surface area contributed by atoms with Crippen LogP contribution < -0.4 is 5.46 Å². The molecule has 1 aliphatic rings. The Morgan fingerprint density at radius 3 is 2.50 bits per heavy atom. The minimum Gasteiger partial charge on any atom is -0.407 e. The lowest BCUT2D eigenvalue weighted by Gasteiger charge is -2.33. The summed E-state index contributed by atoms with van der Waals surface area (Å²) in [6, 6.07) is 5.27. The first kappa shape index (κ1) is 13.6. The van der Waals surface area contributed by atoms with Crippen molar-refractivity contribution in [2.24, 2.45) is 5.41 Å². The molecule has 1 saturated heterocycles. The monoisotopic (exact) mass is 250 g/mol. The molecule has 0 spiro atoms. The van der Waals surface area contributed by atoms with Gasteiger partial charge in [-0.25, -0.2) is 4.39 Å². The lowest BCUT2D eigenvalue weighted by atomic mass is 9.75.